The summed E-state index contributed by atoms with van der Waals surface area (Å²) in [5.74, 6) is -0.378. The minimum absolute atomic E-state index is 0.00355. The van der Waals surface area contributed by atoms with E-state index in [1.54, 1.807) is 20.8 Å². The summed E-state index contributed by atoms with van der Waals surface area (Å²) < 4.78 is 20.5. The van der Waals surface area contributed by atoms with Gasteiger partial charge >= 0.3 is 6.09 Å². The SMILES string of the molecule is CC(C)(C)Cc1cc(F)cc2c1ncn2C(=O)OC(C)(C)C. The molecule has 2 aromatic rings. The zero-order valence-corrected chi connectivity index (χ0v) is 14.0. The maximum atomic E-state index is 13.9. The molecule has 1 aromatic heterocycles. The molecule has 4 nitrogen and oxygen atoms in total. The Kier molecular flexibility index (Phi) is 4.02. The number of hydrogen-bond donors (Lipinski definition) is 0. The number of hydrogen-bond acceptors (Lipinski definition) is 3. The highest BCUT2D eigenvalue weighted by molar-refractivity contribution is 5.88. The van der Waals surface area contributed by atoms with Crippen molar-refractivity contribution in [1.82, 2.24) is 9.55 Å². The molecule has 5 heteroatoms. The summed E-state index contributed by atoms with van der Waals surface area (Å²) in [7, 11) is 0. The quantitative estimate of drug-likeness (QED) is 0.776. The molecular formula is C17H23FN2O2. The predicted octanol–water partition coefficient (Wildman–Crippen LogP) is 4.55. The third kappa shape index (κ3) is 3.84. The molecule has 0 saturated heterocycles. The Hall–Kier alpha value is -1.91. The van der Waals surface area contributed by atoms with Gasteiger partial charge in [-0.3, -0.25) is 0 Å². The smallest absolute Gasteiger partial charge is 0.420 e. The van der Waals surface area contributed by atoms with Gasteiger partial charge in [0.1, 0.15) is 17.7 Å². The summed E-state index contributed by atoms with van der Waals surface area (Å²) in [5, 5.41) is 0. The van der Waals surface area contributed by atoms with Gasteiger partial charge in [-0.25, -0.2) is 18.7 Å². The topological polar surface area (TPSA) is 44.1 Å². The number of halogens is 1. The van der Waals surface area contributed by atoms with Crippen LogP contribution in [0.25, 0.3) is 11.0 Å². The van der Waals surface area contributed by atoms with Gasteiger partial charge in [0.25, 0.3) is 0 Å². The first-order valence-corrected chi connectivity index (χ1v) is 7.35. The molecule has 1 heterocycles. The first kappa shape index (κ1) is 16.5. The van der Waals surface area contributed by atoms with Crippen LogP contribution in [0.5, 0.6) is 0 Å². The van der Waals surface area contributed by atoms with E-state index in [0.29, 0.717) is 17.5 Å². The van der Waals surface area contributed by atoms with Gasteiger partial charge in [-0.1, -0.05) is 20.8 Å². The molecule has 0 saturated carbocycles. The number of benzene rings is 1. The Balaban J connectivity index is 2.50. The standard InChI is InChI=1S/C17H23FN2O2/c1-16(2,3)9-11-7-12(18)8-13-14(11)19-10-20(13)15(21)22-17(4,5)6/h7-8,10H,9H2,1-6H3. The molecule has 0 bridgehead atoms. The van der Waals surface area contributed by atoms with Crippen molar-refractivity contribution in [1.29, 1.82) is 0 Å². The lowest BCUT2D eigenvalue weighted by Crippen LogP contribution is -2.26. The monoisotopic (exact) mass is 306 g/mol. The third-order valence-corrected chi connectivity index (χ3v) is 3.01. The third-order valence-electron chi connectivity index (χ3n) is 3.01. The van der Waals surface area contributed by atoms with E-state index in [2.05, 4.69) is 25.8 Å². The van der Waals surface area contributed by atoms with Crippen molar-refractivity contribution in [3.63, 3.8) is 0 Å². The summed E-state index contributed by atoms with van der Waals surface area (Å²) in [4.78, 5) is 16.5. The number of carbonyl (C=O) groups is 1. The Bertz CT molecular complexity index is 706. The number of nitrogens with zero attached hydrogens (tertiary/aromatic N) is 2. The molecule has 0 unspecified atom stereocenters. The molecule has 2 rings (SSSR count). The van der Waals surface area contributed by atoms with Crippen molar-refractivity contribution in [3.8, 4) is 0 Å². The molecule has 22 heavy (non-hydrogen) atoms. The number of fused-ring (bicyclic) bond motifs is 1. The van der Waals surface area contributed by atoms with Crippen LogP contribution in [0, 0.1) is 11.2 Å². The largest absolute Gasteiger partial charge is 0.443 e. The predicted molar refractivity (Wildman–Crippen MR) is 84.5 cm³/mol. The Morgan fingerprint density at radius 2 is 1.86 bits per heavy atom. The normalized spacial score (nSPS) is 12.7. The molecular weight excluding hydrogens is 283 g/mol. The Morgan fingerprint density at radius 1 is 1.23 bits per heavy atom. The van der Waals surface area contributed by atoms with E-state index in [0.717, 1.165) is 5.56 Å². The average molecular weight is 306 g/mol. The Morgan fingerprint density at radius 3 is 2.41 bits per heavy atom. The lowest BCUT2D eigenvalue weighted by molar-refractivity contribution is 0.0543. The lowest BCUT2D eigenvalue weighted by Gasteiger charge is -2.20. The number of carbonyl (C=O) groups excluding carboxylic acids is 1. The van der Waals surface area contributed by atoms with Crippen LogP contribution in [0.15, 0.2) is 18.5 Å². The number of rotatable bonds is 1. The molecule has 0 fully saturated rings. The highest BCUT2D eigenvalue weighted by Crippen LogP contribution is 2.27. The van der Waals surface area contributed by atoms with E-state index in [-0.39, 0.29) is 11.2 Å². The molecule has 0 N–H and O–H groups in total. The van der Waals surface area contributed by atoms with Gasteiger partial charge in [0.2, 0.25) is 0 Å². The molecule has 120 valence electrons. The van der Waals surface area contributed by atoms with E-state index >= 15 is 0 Å². The average Bonchev–Trinajstić information content (AvgIpc) is 2.67. The molecule has 0 aliphatic carbocycles. The maximum absolute atomic E-state index is 13.9. The second-order valence-electron chi connectivity index (χ2n) is 7.76. The second kappa shape index (κ2) is 5.38. The fourth-order valence-electron chi connectivity index (χ4n) is 2.31. The molecule has 1 aromatic carbocycles. The summed E-state index contributed by atoms with van der Waals surface area (Å²) in [6.45, 7) is 11.6. The zero-order chi connectivity index (χ0) is 16.7. The van der Waals surface area contributed by atoms with Crippen molar-refractivity contribution in [2.24, 2.45) is 5.41 Å². The van der Waals surface area contributed by atoms with E-state index in [1.807, 2.05) is 0 Å². The molecule has 0 atom stereocenters. The van der Waals surface area contributed by atoms with E-state index in [1.165, 1.54) is 23.0 Å². The van der Waals surface area contributed by atoms with Crippen molar-refractivity contribution < 1.29 is 13.9 Å². The molecule has 0 aliphatic heterocycles. The van der Waals surface area contributed by atoms with Crippen molar-refractivity contribution in [3.05, 3.63) is 29.8 Å². The van der Waals surface area contributed by atoms with Crippen LogP contribution in [0.1, 0.15) is 47.1 Å². The number of aromatic nitrogens is 2. The highest BCUT2D eigenvalue weighted by Gasteiger charge is 2.22. The van der Waals surface area contributed by atoms with E-state index in [9.17, 15) is 9.18 Å². The zero-order valence-electron chi connectivity index (χ0n) is 14.0. The highest BCUT2D eigenvalue weighted by atomic mass is 19.1. The summed E-state index contributed by atoms with van der Waals surface area (Å²) in [6, 6.07) is 2.80. The second-order valence-corrected chi connectivity index (χ2v) is 7.76. The maximum Gasteiger partial charge on any atom is 0.420 e. The van der Waals surface area contributed by atoms with Crippen molar-refractivity contribution >= 4 is 17.1 Å². The number of ether oxygens (including phenoxy) is 1. The van der Waals surface area contributed by atoms with Crippen molar-refractivity contribution in [2.75, 3.05) is 0 Å². The molecule has 0 spiro atoms. The van der Waals surface area contributed by atoms with Gasteiger partial charge in [0.05, 0.1) is 11.0 Å². The van der Waals surface area contributed by atoms with E-state index < -0.39 is 11.7 Å². The molecule has 0 radical (unpaired) electrons. The van der Waals surface area contributed by atoms with Crippen LogP contribution < -0.4 is 0 Å². The Labute approximate surface area is 130 Å². The van der Waals surface area contributed by atoms with Gasteiger partial charge in [-0.15, -0.1) is 0 Å². The van der Waals surface area contributed by atoms with Crippen LogP contribution in [-0.4, -0.2) is 21.2 Å². The van der Waals surface area contributed by atoms with Crippen molar-refractivity contribution in [2.45, 2.75) is 53.6 Å². The minimum Gasteiger partial charge on any atom is -0.443 e. The van der Waals surface area contributed by atoms with Gasteiger partial charge in [0.15, 0.2) is 0 Å². The lowest BCUT2D eigenvalue weighted by atomic mass is 9.87. The van der Waals surface area contributed by atoms with Gasteiger partial charge in [-0.2, -0.15) is 0 Å². The summed E-state index contributed by atoms with van der Waals surface area (Å²) in [5.41, 5.74) is 1.26. The van der Waals surface area contributed by atoms with Crippen LogP contribution in [-0.2, 0) is 11.2 Å². The van der Waals surface area contributed by atoms with Gasteiger partial charge in [-0.05, 0) is 44.2 Å². The van der Waals surface area contributed by atoms with Gasteiger partial charge in [0, 0.05) is 6.07 Å². The van der Waals surface area contributed by atoms with Crippen LogP contribution in [0.3, 0.4) is 0 Å². The van der Waals surface area contributed by atoms with Gasteiger partial charge < -0.3 is 4.74 Å². The summed E-state index contributed by atoms with van der Waals surface area (Å²) >= 11 is 0. The number of imidazole rings is 1. The summed E-state index contributed by atoms with van der Waals surface area (Å²) in [6.07, 6.45) is 1.51. The molecule has 0 aliphatic rings. The van der Waals surface area contributed by atoms with Crippen LogP contribution >= 0.6 is 0 Å². The minimum atomic E-state index is -0.616. The fraction of sp³-hybridized carbons (Fsp3) is 0.529. The van der Waals surface area contributed by atoms with E-state index in [4.69, 9.17) is 4.74 Å². The fourth-order valence-corrected chi connectivity index (χ4v) is 2.31. The van der Waals surface area contributed by atoms with Crippen LogP contribution in [0.4, 0.5) is 9.18 Å². The van der Waals surface area contributed by atoms with Crippen LogP contribution in [0.2, 0.25) is 0 Å². The first-order valence-electron chi connectivity index (χ1n) is 7.35. The molecule has 0 amide bonds. The first-order chi connectivity index (χ1) is 9.96.